The van der Waals surface area contributed by atoms with Crippen LogP contribution in [0.1, 0.15) is 17.2 Å². The fourth-order valence-corrected chi connectivity index (χ4v) is 4.26. The molecule has 1 atom stereocenters. The predicted octanol–water partition coefficient (Wildman–Crippen LogP) is 5.43. The minimum Gasteiger partial charge on any atom is -0.505 e. The molecule has 0 bridgehead atoms. The topological polar surface area (TPSA) is 84.3 Å². The van der Waals surface area contributed by atoms with Crippen molar-refractivity contribution in [3.05, 3.63) is 107 Å². The molecule has 1 unspecified atom stereocenters. The molecule has 3 aromatic carbocycles. The second-order valence-corrected chi connectivity index (χ2v) is 8.12. The van der Waals surface area contributed by atoms with Gasteiger partial charge in [0.15, 0.2) is 6.61 Å². The van der Waals surface area contributed by atoms with E-state index in [2.05, 4.69) is 15.3 Å². The van der Waals surface area contributed by atoms with Crippen molar-refractivity contribution in [2.75, 3.05) is 6.61 Å². The number of fused-ring (bicyclic) bond motifs is 2. The van der Waals surface area contributed by atoms with Gasteiger partial charge in [-0.3, -0.25) is 14.8 Å². The fraction of sp³-hybridized carbons (Fsp3) is 0.0741. The van der Waals surface area contributed by atoms with Gasteiger partial charge < -0.3 is 15.2 Å². The average Bonchev–Trinajstić information content (AvgIpc) is 2.89. The van der Waals surface area contributed by atoms with Gasteiger partial charge in [0.05, 0.1) is 16.6 Å². The van der Waals surface area contributed by atoms with Gasteiger partial charge in [0, 0.05) is 28.7 Å². The molecule has 7 heteroatoms. The molecular formula is C27H20ClN3O3. The van der Waals surface area contributed by atoms with Crippen LogP contribution >= 0.6 is 11.6 Å². The normalized spacial score (nSPS) is 11.9. The highest BCUT2D eigenvalue weighted by atomic mass is 35.5. The van der Waals surface area contributed by atoms with E-state index in [9.17, 15) is 9.90 Å². The molecular weight excluding hydrogens is 450 g/mol. The van der Waals surface area contributed by atoms with Crippen molar-refractivity contribution in [2.24, 2.45) is 0 Å². The molecule has 2 N–H and O–H groups in total. The average molecular weight is 470 g/mol. The summed E-state index contributed by atoms with van der Waals surface area (Å²) in [5.74, 6) is 0.186. The number of halogens is 1. The van der Waals surface area contributed by atoms with E-state index in [-0.39, 0.29) is 18.3 Å². The summed E-state index contributed by atoms with van der Waals surface area (Å²) in [7, 11) is 0. The largest absolute Gasteiger partial charge is 0.505 e. The van der Waals surface area contributed by atoms with Gasteiger partial charge in [-0.25, -0.2) is 0 Å². The highest BCUT2D eigenvalue weighted by Crippen LogP contribution is 2.39. The third kappa shape index (κ3) is 4.23. The number of pyridine rings is 2. The summed E-state index contributed by atoms with van der Waals surface area (Å²) in [6, 6.07) is 23.0. The Labute approximate surface area is 200 Å². The van der Waals surface area contributed by atoms with E-state index in [0.29, 0.717) is 27.2 Å². The molecule has 1 amide bonds. The van der Waals surface area contributed by atoms with Gasteiger partial charge in [0.2, 0.25) is 0 Å². The fourth-order valence-electron chi connectivity index (χ4n) is 3.99. The number of phenolic OH excluding ortho intramolecular Hbond substituents is 1. The quantitative estimate of drug-likeness (QED) is 0.346. The Kier molecular flexibility index (Phi) is 5.97. The van der Waals surface area contributed by atoms with Crippen molar-refractivity contribution in [3.8, 4) is 11.5 Å². The van der Waals surface area contributed by atoms with Crippen LogP contribution in [0.15, 0.2) is 91.3 Å². The molecule has 0 saturated carbocycles. The van der Waals surface area contributed by atoms with Crippen LogP contribution in [-0.4, -0.2) is 27.6 Å². The minimum absolute atomic E-state index is 0.0461. The lowest BCUT2D eigenvalue weighted by molar-refractivity contribution is -0.123. The standard InChI is InChI=1S/C27H20ClN3O3/c28-22-15-21(27(33)26-20(22)10-6-13-30-26)25(19-12-14-29-23-11-5-4-9-18(19)23)31-24(32)16-34-17-7-2-1-3-8-17/h1-15,25,33H,16H2,(H,31,32). The second-order valence-electron chi connectivity index (χ2n) is 7.72. The molecule has 0 spiro atoms. The zero-order valence-electron chi connectivity index (χ0n) is 18.0. The summed E-state index contributed by atoms with van der Waals surface area (Å²) in [6.07, 6.45) is 3.26. The lowest BCUT2D eigenvalue weighted by Gasteiger charge is -2.23. The number of phenols is 1. The number of aromatic nitrogens is 2. The molecule has 0 radical (unpaired) electrons. The molecule has 0 aliphatic rings. The highest BCUT2D eigenvalue weighted by molar-refractivity contribution is 6.35. The Hall–Kier alpha value is -4.16. The van der Waals surface area contributed by atoms with Gasteiger partial charge in [-0.1, -0.05) is 48.0 Å². The first kappa shape index (κ1) is 21.7. The van der Waals surface area contributed by atoms with Crippen molar-refractivity contribution in [2.45, 2.75) is 6.04 Å². The molecule has 2 aromatic heterocycles. The molecule has 168 valence electrons. The van der Waals surface area contributed by atoms with Crippen molar-refractivity contribution in [1.82, 2.24) is 15.3 Å². The van der Waals surface area contributed by atoms with Crippen molar-refractivity contribution >= 4 is 39.3 Å². The highest BCUT2D eigenvalue weighted by Gasteiger charge is 2.25. The van der Waals surface area contributed by atoms with E-state index >= 15 is 0 Å². The molecule has 6 nitrogen and oxygen atoms in total. The maximum absolute atomic E-state index is 13.0. The Morgan fingerprint density at radius 2 is 1.68 bits per heavy atom. The third-order valence-corrected chi connectivity index (χ3v) is 5.88. The van der Waals surface area contributed by atoms with E-state index in [1.807, 2.05) is 48.5 Å². The van der Waals surface area contributed by atoms with E-state index in [1.54, 1.807) is 42.7 Å². The molecule has 0 aliphatic heterocycles. The summed E-state index contributed by atoms with van der Waals surface area (Å²) < 4.78 is 5.63. The SMILES string of the molecule is O=C(COc1ccccc1)NC(c1cc(Cl)c2cccnc2c1O)c1ccnc2ccccc12. The summed E-state index contributed by atoms with van der Waals surface area (Å²) in [4.78, 5) is 21.7. The molecule has 34 heavy (non-hydrogen) atoms. The van der Waals surface area contributed by atoms with E-state index in [1.165, 1.54) is 0 Å². The Balaban J connectivity index is 1.59. The van der Waals surface area contributed by atoms with Crippen LogP contribution in [0.3, 0.4) is 0 Å². The van der Waals surface area contributed by atoms with Gasteiger partial charge in [0.25, 0.3) is 5.91 Å². The summed E-state index contributed by atoms with van der Waals surface area (Å²) in [6.45, 7) is -0.191. The number of hydrogen-bond acceptors (Lipinski definition) is 5. The van der Waals surface area contributed by atoms with E-state index in [4.69, 9.17) is 16.3 Å². The number of para-hydroxylation sites is 2. The van der Waals surface area contributed by atoms with Gasteiger partial charge >= 0.3 is 0 Å². The van der Waals surface area contributed by atoms with E-state index < -0.39 is 6.04 Å². The number of carbonyl (C=O) groups is 1. The first-order valence-electron chi connectivity index (χ1n) is 10.7. The number of nitrogens with zero attached hydrogens (tertiary/aromatic N) is 2. The number of benzene rings is 3. The number of aromatic hydroxyl groups is 1. The zero-order chi connectivity index (χ0) is 23.5. The van der Waals surface area contributed by atoms with E-state index in [0.717, 1.165) is 16.5 Å². The smallest absolute Gasteiger partial charge is 0.258 e. The first-order chi connectivity index (χ1) is 16.6. The monoisotopic (exact) mass is 469 g/mol. The molecule has 2 heterocycles. The molecule has 0 aliphatic carbocycles. The Morgan fingerprint density at radius 1 is 0.912 bits per heavy atom. The number of rotatable bonds is 6. The zero-order valence-corrected chi connectivity index (χ0v) is 18.7. The lowest BCUT2D eigenvalue weighted by Crippen LogP contribution is -2.33. The second kappa shape index (κ2) is 9.37. The van der Waals surface area contributed by atoms with Crippen LogP contribution < -0.4 is 10.1 Å². The lowest BCUT2D eigenvalue weighted by atomic mass is 9.93. The molecule has 5 aromatic rings. The van der Waals surface area contributed by atoms with Crippen molar-refractivity contribution in [3.63, 3.8) is 0 Å². The third-order valence-electron chi connectivity index (χ3n) is 5.57. The molecule has 0 fully saturated rings. The molecule has 5 rings (SSSR count). The first-order valence-corrected chi connectivity index (χ1v) is 11.1. The number of nitrogens with one attached hydrogen (secondary N) is 1. The number of amides is 1. The summed E-state index contributed by atoms with van der Waals surface area (Å²) in [5.41, 5.74) is 2.33. The summed E-state index contributed by atoms with van der Waals surface area (Å²) >= 11 is 6.56. The summed E-state index contributed by atoms with van der Waals surface area (Å²) in [5, 5.41) is 16.1. The van der Waals surface area contributed by atoms with Gasteiger partial charge in [-0.15, -0.1) is 0 Å². The predicted molar refractivity (Wildman–Crippen MR) is 132 cm³/mol. The number of ether oxygens (including phenoxy) is 1. The Morgan fingerprint density at radius 3 is 2.53 bits per heavy atom. The minimum atomic E-state index is -0.719. The van der Waals surface area contributed by atoms with Gasteiger partial charge in [-0.05, 0) is 48.0 Å². The number of hydrogen-bond donors (Lipinski definition) is 2. The van der Waals surface area contributed by atoms with Crippen LogP contribution in [0.5, 0.6) is 11.5 Å². The van der Waals surface area contributed by atoms with Crippen molar-refractivity contribution < 1.29 is 14.6 Å². The Bertz CT molecular complexity index is 1490. The van der Waals surface area contributed by atoms with Crippen molar-refractivity contribution in [1.29, 1.82) is 0 Å². The van der Waals surface area contributed by atoms with Crippen LogP contribution in [0.2, 0.25) is 5.02 Å². The molecule has 0 saturated heterocycles. The van der Waals surface area contributed by atoms with Crippen LogP contribution in [-0.2, 0) is 4.79 Å². The van der Waals surface area contributed by atoms with Crippen LogP contribution in [0.4, 0.5) is 0 Å². The van der Waals surface area contributed by atoms with Gasteiger partial charge in [0.1, 0.15) is 17.0 Å². The number of carbonyl (C=O) groups excluding carboxylic acids is 1. The van der Waals surface area contributed by atoms with Crippen LogP contribution in [0, 0.1) is 0 Å². The maximum Gasteiger partial charge on any atom is 0.258 e. The van der Waals surface area contributed by atoms with Crippen LogP contribution in [0.25, 0.3) is 21.8 Å². The maximum atomic E-state index is 13.0. The van der Waals surface area contributed by atoms with Gasteiger partial charge in [-0.2, -0.15) is 0 Å².